The molecule has 0 saturated heterocycles. The van der Waals surface area contributed by atoms with E-state index >= 15 is 0 Å². The van der Waals surface area contributed by atoms with Crippen molar-refractivity contribution in [1.82, 2.24) is 20.6 Å². The first-order chi connectivity index (χ1) is 13.0. The van der Waals surface area contributed by atoms with Crippen molar-refractivity contribution >= 4 is 27.0 Å². The molecule has 136 valence electrons. The highest BCUT2D eigenvalue weighted by Crippen LogP contribution is 2.33. The number of hydrogen-bond donors (Lipinski definition) is 2. The summed E-state index contributed by atoms with van der Waals surface area (Å²) in [4.78, 5) is 0.911. The van der Waals surface area contributed by atoms with Gasteiger partial charge < -0.3 is 0 Å². The summed E-state index contributed by atoms with van der Waals surface area (Å²) in [5.41, 5.74) is 3.23. The lowest BCUT2D eigenvalue weighted by molar-refractivity contribution is 0.603. The maximum atomic E-state index is 12.8. The summed E-state index contributed by atoms with van der Waals surface area (Å²) in [5, 5.41) is 13.7. The highest BCUT2D eigenvalue weighted by atomic mass is 32.2. The predicted molar refractivity (Wildman–Crippen MR) is 105 cm³/mol. The van der Waals surface area contributed by atoms with E-state index in [1.807, 2.05) is 37.3 Å². The molecular weight excluding hydrogens is 382 g/mol. The Morgan fingerprint density at radius 2 is 1.89 bits per heavy atom. The summed E-state index contributed by atoms with van der Waals surface area (Å²) in [7, 11) is -3.69. The first kappa shape index (κ1) is 17.4. The monoisotopic (exact) mass is 397 g/mol. The van der Waals surface area contributed by atoms with Gasteiger partial charge in [0.05, 0.1) is 0 Å². The fraction of sp³-hybridized carbons (Fsp3) is 0.0556. The minimum absolute atomic E-state index is 0.255. The minimum Gasteiger partial charge on any atom is -0.279 e. The molecule has 0 radical (unpaired) electrons. The van der Waals surface area contributed by atoms with Crippen LogP contribution in [0.3, 0.4) is 0 Å². The van der Waals surface area contributed by atoms with Crippen molar-refractivity contribution in [1.29, 1.82) is 0 Å². The second-order valence-corrected chi connectivity index (χ2v) is 8.85. The predicted octanol–water partition coefficient (Wildman–Crippen LogP) is 3.70. The summed E-state index contributed by atoms with van der Waals surface area (Å²) < 4.78 is 28.4. The smallest absolute Gasteiger partial charge is 0.271 e. The molecule has 27 heavy (non-hydrogen) atoms. The van der Waals surface area contributed by atoms with Gasteiger partial charge in [-0.15, -0.1) is 21.5 Å². The highest BCUT2D eigenvalue weighted by molar-refractivity contribution is 7.94. The van der Waals surface area contributed by atoms with Crippen LogP contribution in [0.15, 0.2) is 64.9 Å². The molecule has 0 bridgehead atoms. The fourth-order valence-corrected chi connectivity index (χ4v) is 5.12. The summed E-state index contributed by atoms with van der Waals surface area (Å²) >= 11 is 1.24. The third kappa shape index (κ3) is 3.60. The van der Waals surface area contributed by atoms with Gasteiger partial charge in [-0.3, -0.25) is 4.72 Å². The van der Waals surface area contributed by atoms with E-state index in [2.05, 4.69) is 25.3 Å². The van der Waals surface area contributed by atoms with Gasteiger partial charge in [0, 0.05) is 16.1 Å². The first-order valence-corrected chi connectivity index (χ1v) is 10.4. The Hall–Kier alpha value is -3.04. The molecule has 0 fully saturated rings. The van der Waals surface area contributed by atoms with Crippen LogP contribution >= 0.6 is 11.3 Å². The van der Waals surface area contributed by atoms with Crippen LogP contribution in [-0.2, 0) is 10.0 Å². The van der Waals surface area contributed by atoms with Gasteiger partial charge in [0.15, 0.2) is 0 Å². The van der Waals surface area contributed by atoms with Gasteiger partial charge in [-0.1, -0.05) is 36.4 Å². The Bertz CT molecular complexity index is 1180. The van der Waals surface area contributed by atoms with Crippen LogP contribution in [0.5, 0.6) is 0 Å². The van der Waals surface area contributed by atoms with Gasteiger partial charge in [0.25, 0.3) is 10.0 Å². The van der Waals surface area contributed by atoms with E-state index in [4.69, 9.17) is 0 Å². The number of sulfonamides is 1. The number of hydrogen-bond acceptors (Lipinski definition) is 6. The van der Waals surface area contributed by atoms with Gasteiger partial charge in [0.2, 0.25) is 5.82 Å². The molecule has 2 N–H and O–H groups in total. The molecule has 4 aromatic rings. The van der Waals surface area contributed by atoms with E-state index in [1.165, 1.54) is 11.3 Å². The number of rotatable bonds is 5. The summed E-state index contributed by atoms with van der Waals surface area (Å²) in [6.07, 6.45) is 0. The molecule has 2 heterocycles. The SMILES string of the molecule is Cc1ccccc1-c1ccc(S(=O)(=O)Nc2cccc(-c3nn[nH]n3)c2)s1. The number of anilines is 1. The third-order valence-electron chi connectivity index (χ3n) is 3.98. The van der Waals surface area contributed by atoms with E-state index < -0.39 is 10.0 Å². The number of H-pyrrole nitrogens is 1. The van der Waals surface area contributed by atoms with Crippen molar-refractivity contribution in [3.63, 3.8) is 0 Å². The number of nitrogens with one attached hydrogen (secondary N) is 2. The Kier molecular flexibility index (Phi) is 4.46. The second-order valence-electron chi connectivity index (χ2n) is 5.86. The molecule has 0 aliphatic rings. The first-order valence-electron chi connectivity index (χ1n) is 8.05. The molecule has 0 aliphatic heterocycles. The molecule has 2 aromatic heterocycles. The molecule has 7 nitrogen and oxygen atoms in total. The quantitative estimate of drug-likeness (QED) is 0.535. The third-order valence-corrected chi connectivity index (χ3v) is 6.97. The van der Waals surface area contributed by atoms with Crippen LogP contribution in [0.4, 0.5) is 5.69 Å². The Morgan fingerprint density at radius 1 is 1.04 bits per heavy atom. The van der Waals surface area contributed by atoms with E-state index in [0.717, 1.165) is 16.0 Å². The van der Waals surface area contributed by atoms with Gasteiger partial charge in [-0.05, 0) is 47.5 Å². The van der Waals surface area contributed by atoms with Crippen LogP contribution in [-0.4, -0.2) is 29.0 Å². The number of aromatic nitrogens is 4. The zero-order chi connectivity index (χ0) is 18.9. The van der Waals surface area contributed by atoms with Crippen LogP contribution in [0.25, 0.3) is 21.8 Å². The average molecular weight is 397 g/mol. The normalized spacial score (nSPS) is 11.4. The molecule has 0 atom stereocenters. The van der Waals surface area contributed by atoms with E-state index in [9.17, 15) is 8.42 Å². The number of aryl methyl sites for hydroxylation is 1. The molecule has 0 saturated carbocycles. The topological polar surface area (TPSA) is 101 Å². The lowest BCUT2D eigenvalue weighted by Crippen LogP contribution is -2.11. The molecule has 4 rings (SSSR count). The molecule has 0 amide bonds. The number of nitrogens with zero attached hydrogens (tertiary/aromatic N) is 3. The van der Waals surface area contributed by atoms with Crippen LogP contribution in [0.1, 0.15) is 5.56 Å². The van der Waals surface area contributed by atoms with Crippen LogP contribution in [0.2, 0.25) is 0 Å². The average Bonchev–Trinajstić information content (AvgIpc) is 3.34. The number of tetrazole rings is 1. The van der Waals surface area contributed by atoms with E-state index in [0.29, 0.717) is 17.1 Å². The summed E-state index contributed by atoms with van der Waals surface area (Å²) in [6, 6.07) is 18.2. The molecule has 0 spiro atoms. The lowest BCUT2D eigenvalue weighted by Gasteiger charge is -2.07. The minimum atomic E-state index is -3.69. The standard InChI is InChI=1S/C18H15N5O2S2/c1-12-5-2-3-8-15(12)16-9-10-17(26-16)27(24,25)21-14-7-4-6-13(11-14)18-19-22-23-20-18/h2-11,21H,1H3,(H,19,20,22,23). The summed E-state index contributed by atoms with van der Waals surface area (Å²) in [6.45, 7) is 2.00. The van der Waals surface area contributed by atoms with Gasteiger partial charge in [0.1, 0.15) is 4.21 Å². The van der Waals surface area contributed by atoms with Crippen LogP contribution in [0, 0.1) is 6.92 Å². The van der Waals surface area contributed by atoms with Gasteiger partial charge in [-0.25, -0.2) is 8.42 Å². The Morgan fingerprint density at radius 3 is 2.67 bits per heavy atom. The maximum absolute atomic E-state index is 12.8. The van der Waals surface area contributed by atoms with Crippen molar-refractivity contribution in [2.45, 2.75) is 11.1 Å². The lowest BCUT2D eigenvalue weighted by atomic mass is 10.1. The number of thiophene rings is 1. The van der Waals surface area contributed by atoms with Crippen molar-refractivity contribution in [2.24, 2.45) is 0 Å². The number of aromatic amines is 1. The number of benzene rings is 2. The van der Waals surface area contributed by atoms with E-state index in [1.54, 1.807) is 30.3 Å². The molecule has 9 heteroatoms. The largest absolute Gasteiger partial charge is 0.279 e. The second kappa shape index (κ2) is 6.93. The summed E-state index contributed by atoms with van der Waals surface area (Å²) in [5.74, 6) is 0.397. The molecule has 0 unspecified atom stereocenters. The van der Waals surface area contributed by atoms with Crippen molar-refractivity contribution in [2.75, 3.05) is 4.72 Å². The molecular formula is C18H15N5O2S2. The van der Waals surface area contributed by atoms with Crippen LogP contribution < -0.4 is 4.72 Å². The zero-order valence-electron chi connectivity index (χ0n) is 14.2. The van der Waals surface area contributed by atoms with Gasteiger partial charge in [-0.2, -0.15) is 5.21 Å². The molecule has 2 aromatic carbocycles. The van der Waals surface area contributed by atoms with E-state index in [-0.39, 0.29) is 4.21 Å². The Balaban J connectivity index is 1.62. The fourth-order valence-electron chi connectivity index (χ4n) is 2.67. The highest BCUT2D eigenvalue weighted by Gasteiger charge is 2.18. The molecule has 0 aliphatic carbocycles. The van der Waals surface area contributed by atoms with Gasteiger partial charge >= 0.3 is 0 Å². The van der Waals surface area contributed by atoms with Crippen molar-refractivity contribution in [3.8, 4) is 21.8 Å². The zero-order valence-corrected chi connectivity index (χ0v) is 15.9. The Labute approximate surface area is 160 Å². The van der Waals surface area contributed by atoms with Crippen molar-refractivity contribution in [3.05, 3.63) is 66.2 Å². The maximum Gasteiger partial charge on any atom is 0.271 e. The van der Waals surface area contributed by atoms with Crippen molar-refractivity contribution < 1.29 is 8.42 Å².